The van der Waals surface area contributed by atoms with Gasteiger partial charge in [0, 0.05) is 19.8 Å². The van der Waals surface area contributed by atoms with Crippen molar-refractivity contribution in [3.8, 4) is 0 Å². The van der Waals surface area contributed by atoms with Crippen LogP contribution in [0.15, 0.2) is 23.0 Å². The van der Waals surface area contributed by atoms with Gasteiger partial charge in [-0.25, -0.2) is 0 Å². The van der Waals surface area contributed by atoms with E-state index in [1.165, 1.54) is 6.92 Å². The maximum absolute atomic E-state index is 11.6. The zero-order valence-electron chi connectivity index (χ0n) is 8.84. The minimum absolute atomic E-state index is 0.273. The number of carbonyl (C=O) groups excluding carboxylic acids is 2. The average molecular weight is 206 g/mol. The van der Waals surface area contributed by atoms with E-state index >= 15 is 0 Å². The fourth-order valence-electron chi connectivity index (χ4n) is 2.16. The quantitative estimate of drug-likeness (QED) is 0.618. The highest BCUT2D eigenvalue weighted by molar-refractivity contribution is 5.97. The van der Waals surface area contributed by atoms with Gasteiger partial charge in [0.2, 0.25) is 0 Å². The van der Waals surface area contributed by atoms with Crippen molar-refractivity contribution in [3.05, 3.63) is 23.0 Å². The summed E-state index contributed by atoms with van der Waals surface area (Å²) in [6.45, 7) is 1.40. The molecule has 0 aromatic heterocycles. The minimum atomic E-state index is -0.285. The smallest absolute Gasteiger partial charge is 0.307 e. The predicted octanol–water partition coefficient (Wildman–Crippen LogP) is 2.28. The standard InChI is InChI=1S/C12H14O3/c1-8(13)15-10-5-6-11-9(7-10)3-2-4-12(11)14/h7H,2-6H2,1H3. The van der Waals surface area contributed by atoms with Gasteiger partial charge in [0.25, 0.3) is 0 Å². The molecule has 0 heterocycles. The van der Waals surface area contributed by atoms with Gasteiger partial charge in [0.1, 0.15) is 5.76 Å². The van der Waals surface area contributed by atoms with Crippen LogP contribution in [0.4, 0.5) is 0 Å². The zero-order chi connectivity index (χ0) is 10.8. The van der Waals surface area contributed by atoms with Crippen molar-refractivity contribution in [2.24, 2.45) is 0 Å². The van der Waals surface area contributed by atoms with Crippen molar-refractivity contribution in [1.82, 2.24) is 0 Å². The Kier molecular flexibility index (Phi) is 2.71. The highest BCUT2D eigenvalue weighted by Crippen LogP contribution is 2.32. The lowest BCUT2D eigenvalue weighted by Crippen LogP contribution is -2.15. The molecule has 2 aliphatic rings. The molecule has 80 valence electrons. The lowest BCUT2D eigenvalue weighted by Gasteiger charge is -2.22. The average Bonchev–Trinajstić information content (AvgIpc) is 2.17. The van der Waals surface area contributed by atoms with Crippen LogP contribution in [0.25, 0.3) is 0 Å². The Hall–Kier alpha value is -1.38. The first kappa shape index (κ1) is 10.1. The number of allylic oxidation sites excluding steroid dienone is 4. The third-order valence-corrected chi connectivity index (χ3v) is 2.81. The molecule has 0 aromatic carbocycles. The van der Waals surface area contributed by atoms with E-state index in [9.17, 15) is 9.59 Å². The van der Waals surface area contributed by atoms with Gasteiger partial charge in [-0.3, -0.25) is 9.59 Å². The normalized spacial score (nSPS) is 20.9. The van der Waals surface area contributed by atoms with Gasteiger partial charge >= 0.3 is 5.97 Å². The summed E-state index contributed by atoms with van der Waals surface area (Å²) in [5.74, 6) is 0.692. The maximum atomic E-state index is 11.6. The van der Waals surface area contributed by atoms with Crippen LogP contribution in [0.3, 0.4) is 0 Å². The van der Waals surface area contributed by atoms with Gasteiger partial charge in [0.05, 0.1) is 0 Å². The third-order valence-electron chi connectivity index (χ3n) is 2.81. The second-order valence-corrected chi connectivity index (χ2v) is 3.98. The topological polar surface area (TPSA) is 43.4 Å². The summed E-state index contributed by atoms with van der Waals surface area (Å²) in [4.78, 5) is 22.4. The van der Waals surface area contributed by atoms with Crippen molar-refractivity contribution in [1.29, 1.82) is 0 Å². The summed E-state index contributed by atoms with van der Waals surface area (Å²) < 4.78 is 5.05. The molecule has 0 fully saturated rings. The van der Waals surface area contributed by atoms with E-state index in [4.69, 9.17) is 4.74 Å². The Morgan fingerprint density at radius 2 is 2.07 bits per heavy atom. The number of hydrogen-bond donors (Lipinski definition) is 0. The predicted molar refractivity (Wildman–Crippen MR) is 55.0 cm³/mol. The van der Waals surface area contributed by atoms with Gasteiger partial charge in [-0.05, 0) is 36.5 Å². The molecule has 0 spiro atoms. The SMILES string of the molecule is CC(=O)OC1=CC2=C(CC1)C(=O)CCC2. The van der Waals surface area contributed by atoms with Gasteiger partial charge < -0.3 is 4.74 Å². The van der Waals surface area contributed by atoms with E-state index in [-0.39, 0.29) is 11.8 Å². The number of esters is 1. The summed E-state index contributed by atoms with van der Waals surface area (Å²) in [6.07, 6.45) is 5.80. The molecule has 0 aliphatic heterocycles. The minimum Gasteiger partial charge on any atom is -0.431 e. The molecular formula is C12H14O3. The molecular weight excluding hydrogens is 192 g/mol. The number of ketones is 1. The summed E-state index contributed by atoms with van der Waals surface area (Å²) in [5.41, 5.74) is 2.03. The Morgan fingerprint density at radius 1 is 1.27 bits per heavy atom. The van der Waals surface area contributed by atoms with Gasteiger partial charge in [0.15, 0.2) is 5.78 Å². The molecule has 3 heteroatoms. The fraction of sp³-hybridized carbons (Fsp3) is 0.500. The van der Waals surface area contributed by atoms with Crippen LogP contribution in [0.5, 0.6) is 0 Å². The first-order chi connectivity index (χ1) is 7.16. The van der Waals surface area contributed by atoms with Gasteiger partial charge in [-0.1, -0.05) is 0 Å². The molecule has 3 nitrogen and oxygen atoms in total. The first-order valence-electron chi connectivity index (χ1n) is 5.31. The van der Waals surface area contributed by atoms with Crippen LogP contribution in [0.2, 0.25) is 0 Å². The number of Topliss-reactive ketones (excluding diaryl/α,β-unsaturated/α-hetero) is 1. The van der Waals surface area contributed by atoms with Crippen LogP contribution in [0.1, 0.15) is 39.0 Å². The van der Waals surface area contributed by atoms with Gasteiger partial charge in [-0.2, -0.15) is 0 Å². The van der Waals surface area contributed by atoms with Crippen LogP contribution in [-0.4, -0.2) is 11.8 Å². The molecule has 2 aliphatic carbocycles. The molecule has 0 N–H and O–H groups in total. The van der Waals surface area contributed by atoms with Crippen molar-refractivity contribution in [3.63, 3.8) is 0 Å². The molecule has 0 unspecified atom stereocenters. The number of rotatable bonds is 1. The van der Waals surface area contributed by atoms with E-state index in [2.05, 4.69) is 0 Å². The Bertz CT molecular complexity index is 374. The van der Waals surface area contributed by atoms with Crippen molar-refractivity contribution >= 4 is 11.8 Å². The molecule has 2 rings (SSSR count). The van der Waals surface area contributed by atoms with Crippen LogP contribution < -0.4 is 0 Å². The highest BCUT2D eigenvalue weighted by Gasteiger charge is 2.23. The molecule has 0 aromatic rings. The zero-order valence-corrected chi connectivity index (χ0v) is 8.84. The molecule has 0 radical (unpaired) electrons. The van der Waals surface area contributed by atoms with Crippen LogP contribution in [-0.2, 0) is 14.3 Å². The molecule has 0 saturated heterocycles. The summed E-state index contributed by atoms with van der Waals surface area (Å²) in [5, 5.41) is 0. The largest absolute Gasteiger partial charge is 0.431 e. The molecule has 0 amide bonds. The third kappa shape index (κ3) is 2.17. The van der Waals surface area contributed by atoms with Crippen molar-refractivity contribution < 1.29 is 14.3 Å². The summed E-state index contributed by atoms with van der Waals surface area (Å²) >= 11 is 0. The highest BCUT2D eigenvalue weighted by atomic mass is 16.5. The van der Waals surface area contributed by atoms with Crippen LogP contribution in [0, 0.1) is 0 Å². The van der Waals surface area contributed by atoms with E-state index in [1.54, 1.807) is 0 Å². The van der Waals surface area contributed by atoms with E-state index in [1.807, 2.05) is 6.08 Å². The molecule has 0 bridgehead atoms. The van der Waals surface area contributed by atoms with Crippen molar-refractivity contribution in [2.75, 3.05) is 0 Å². The van der Waals surface area contributed by atoms with Crippen molar-refractivity contribution in [2.45, 2.75) is 39.0 Å². The summed E-state index contributed by atoms with van der Waals surface area (Å²) in [7, 11) is 0. The maximum Gasteiger partial charge on any atom is 0.307 e. The molecule has 15 heavy (non-hydrogen) atoms. The number of ether oxygens (including phenoxy) is 1. The second kappa shape index (κ2) is 4.01. The lowest BCUT2D eigenvalue weighted by atomic mass is 9.84. The Balaban J connectivity index is 2.21. The van der Waals surface area contributed by atoms with Crippen LogP contribution >= 0.6 is 0 Å². The summed E-state index contributed by atoms with van der Waals surface area (Å²) in [6, 6.07) is 0. The van der Waals surface area contributed by atoms with E-state index in [0.717, 1.165) is 30.4 Å². The van der Waals surface area contributed by atoms with Gasteiger partial charge in [-0.15, -0.1) is 0 Å². The lowest BCUT2D eigenvalue weighted by molar-refractivity contribution is -0.137. The Labute approximate surface area is 88.8 Å². The molecule has 0 saturated carbocycles. The molecule has 0 atom stereocenters. The second-order valence-electron chi connectivity index (χ2n) is 3.98. The monoisotopic (exact) mass is 206 g/mol. The first-order valence-corrected chi connectivity index (χ1v) is 5.31. The number of carbonyl (C=O) groups is 2. The Morgan fingerprint density at radius 3 is 2.80 bits per heavy atom. The number of hydrogen-bond acceptors (Lipinski definition) is 3. The van der Waals surface area contributed by atoms with E-state index < -0.39 is 0 Å². The fourth-order valence-corrected chi connectivity index (χ4v) is 2.16. The van der Waals surface area contributed by atoms with E-state index in [0.29, 0.717) is 18.6 Å².